The molecule has 0 saturated heterocycles. The Balaban J connectivity index is 1.61. The molecule has 4 aliphatic rings. The van der Waals surface area contributed by atoms with Crippen LogP contribution in [-0.4, -0.2) is 22.4 Å². The van der Waals surface area contributed by atoms with Gasteiger partial charge in [-0.15, -0.1) is 0 Å². The predicted octanol–water partition coefficient (Wildman–Crippen LogP) is 5.23. The number of fused-ring (bicyclic) bond motifs is 5. The fourth-order valence-corrected chi connectivity index (χ4v) is 8.45. The van der Waals surface area contributed by atoms with Gasteiger partial charge in [-0.1, -0.05) is 40.5 Å². The monoisotopic (exact) mass is 361 g/mol. The molecule has 4 rings (SSSR count). The smallest absolute Gasteiger partial charge is 0.0602 e. The molecule has 1 radical (unpaired) electrons. The van der Waals surface area contributed by atoms with Crippen molar-refractivity contribution in [2.45, 2.75) is 97.7 Å². The van der Waals surface area contributed by atoms with Gasteiger partial charge in [-0.2, -0.15) is 0 Å². The van der Waals surface area contributed by atoms with Crippen molar-refractivity contribution in [3.63, 3.8) is 0 Å². The third-order valence-electron chi connectivity index (χ3n) is 9.99. The Morgan fingerprint density at radius 1 is 1.08 bits per heavy atom. The minimum atomic E-state index is -0.142. The van der Waals surface area contributed by atoms with E-state index in [1.165, 1.54) is 32.1 Å². The highest BCUT2D eigenvalue weighted by molar-refractivity contribution is 5.16. The van der Waals surface area contributed by atoms with Gasteiger partial charge in [0.1, 0.15) is 0 Å². The van der Waals surface area contributed by atoms with Crippen LogP contribution in [0.3, 0.4) is 0 Å². The van der Waals surface area contributed by atoms with E-state index >= 15 is 0 Å². The van der Waals surface area contributed by atoms with Gasteiger partial charge < -0.3 is 10.2 Å². The predicted molar refractivity (Wildman–Crippen MR) is 106 cm³/mol. The fourth-order valence-electron chi connectivity index (χ4n) is 8.45. The first kappa shape index (κ1) is 19.2. The maximum atomic E-state index is 11.5. The highest BCUT2D eigenvalue weighted by Gasteiger charge is 2.63. The standard InChI is InChI=1S/C24H41O2/c1-5-6-15(2)19-9-10-20-18-8-7-16-13-17(25)11-12-23(16,3)21(18)14-22(26)24(19,20)4/h8,15-22,25-26H,5-7,9-14H2,1-4H3/t15?,16?,17-,18?,19?,20?,21?,22+,23+,24-/m1/s1. The van der Waals surface area contributed by atoms with Gasteiger partial charge in [0.15, 0.2) is 0 Å². The molecule has 26 heavy (non-hydrogen) atoms. The first-order valence-corrected chi connectivity index (χ1v) is 11.5. The summed E-state index contributed by atoms with van der Waals surface area (Å²) in [5.74, 6) is 4.04. The lowest BCUT2D eigenvalue weighted by Gasteiger charge is -2.62. The molecule has 2 N–H and O–H groups in total. The topological polar surface area (TPSA) is 40.5 Å². The van der Waals surface area contributed by atoms with E-state index in [1.54, 1.807) is 0 Å². The maximum Gasteiger partial charge on any atom is 0.0602 e. The van der Waals surface area contributed by atoms with Gasteiger partial charge in [0.05, 0.1) is 12.2 Å². The molecule has 4 aliphatic carbocycles. The molecule has 0 aromatic rings. The van der Waals surface area contributed by atoms with Crippen LogP contribution >= 0.6 is 0 Å². The Hall–Kier alpha value is -0.0800. The summed E-state index contributed by atoms with van der Waals surface area (Å²) in [6.45, 7) is 9.67. The number of rotatable bonds is 3. The SMILES string of the molecule is CCCC(C)C1CCC2C3[CH]CC4C[C@H](O)CC[C@]4(C)C3C[C@H](O)[C@]12C. The summed E-state index contributed by atoms with van der Waals surface area (Å²) < 4.78 is 0. The van der Waals surface area contributed by atoms with Crippen molar-refractivity contribution in [2.24, 2.45) is 46.3 Å². The Labute approximate surface area is 161 Å². The average Bonchev–Trinajstić information content (AvgIpc) is 2.96. The maximum absolute atomic E-state index is 11.5. The van der Waals surface area contributed by atoms with Crippen molar-refractivity contribution < 1.29 is 10.2 Å². The minimum absolute atomic E-state index is 0.0949. The Morgan fingerprint density at radius 2 is 1.85 bits per heavy atom. The summed E-state index contributed by atoms with van der Waals surface area (Å²) >= 11 is 0. The molecular weight excluding hydrogens is 320 g/mol. The third-order valence-corrected chi connectivity index (χ3v) is 9.99. The third kappa shape index (κ3) is 2.65. The number of hydrogen-bond acceptors (Lipinski definition) is 2. The second-order valence-electron chi connectivity index (χ2n) is 11.0. The molecule has 2 heteroatoms. The second-order valence-corrected chi connectivity index (χ2v) is 11.0. The van der Waals surface area contributed by atoms with Crippen LogP contribution < -0.4 is 0 Å². The van der Waals surface area contributed by atoms with Gasteiger partial charge >= 0.3 is 0 Å². The molecule has 0 aliphatic heterocycles. The molecule has 2 nitrogen and oxygen atoms in total. The summed E-state index contributed by atoms with van der Waals surface area (Å²) in [4.78, 5) is 0. The van der Waals surface area contributed by atoms with Crippen molar-refractivity contribution in [3.8, 4) is 0 Å². The van der Waals surface area contributed by atoms with Crippen LogP contribution in [0.5, 0.6) is 0 Å². The zero-order valence-electron chi connectivity index (χ0n) is 17.5. The van der Waals surface area contributed by atoms with Crippen LogP contribution in [0.15, 0.2) is 0 Å². The van der Waals surface area contributed by atoms with Crippen molar-refractivity contribution >= 4 is 0 Å². The molecule has 0 heterocycles. The minimum Gasteiger partial charge on any atom is -0.393 e. The van der Waals surface area contributed by atoms with Crippen LogP contribution in [0, 0.1) is 52.8 Å². The summed E-state index contributed by atoms with van der Waals surface area (Å²) in [7, 11) is 0. The van der Waals surface area contributed by atoms with Crippen molar-refractivity contribution in [1.82, 2.24) is 0 Å². The van der Waals surface area contributed by atoms with Crippen molar-refractivity contribution in [2.75, 3.05) is 0 Å². The van der Waals surface area contributed by atoms with E-state index in [2.05, 4.69) is 34.1 Å². The quantitative estimate of drug-likeness (QED) is 0.723. The van der Waals surface area contributed by atoms with E-state index in [9.17, 15) is 10.2 Å². The molecule has 0 amide bonds. The molecule has 0 aromatic carbocycles. The van der Waals surface area contributed by atoms with E-state index in [-0.39, 0.29) is 17.6 Å². The lowest BCUT2D eigenvalue weighted by Crippen LogP contribution is -2.59. The van der Waals surface area contributed by atoms with E-state index in [1.807, 2.05) is 0 Å². The van der Waals surface area contributed by atoms with Crippen LogP contribution in [0.2, 0.25) is 0 Å². The van der Waals surface area contributed by atoms with Crippen LogP contribution in [0.25, 0.3) is 0 Å². The largest absolute Gasteiger partial charge is 0.393 e. The van der Waals surface area contributed by atoms with Gasteiger partial charge in [0.2, 0.25) is 0 Å². The summed E-state index contributed by atoms with van der Waals surface area (Å²) in [6, 6.07) is 0. The van der Waals surface area contributed by atoms with Crippen molar-refractivity contribution in [1.29, 1.82) is 0 Å². The van der Waals surface area contributed by atoms with Gasteiger partial charge in [-0.3, -0.25) is 0 Å². The van der Waals surface area contributed by atoms with Crippen LogP contribution in [0.4, 0.5) is 0 Å². The highest BCUT2D eigenvalue weighted by Crippen LogP contribution is 2.68. The number of aliphatic hydroxyl groups excluding tert-OH is 2. The Bertz CT molecular complexity index is 518. The normalized spacial score (nSPS) is 54.9. The summed E-state index contributed by atoms with van der Waals surface area (Å²) in [5, 5.41) is 21.6. The van der Waals surface area contributed by atoms with Gasteiger partial charge in [-0.25, -0.2) is 0 Å². The van der Waals surface area contributed by atoms with E-state index in [0.717, 1.165) is 31.6 Å². The summed E-state index contributed by atoms with van der Waals surface area (Å²) in [5.41, 5.74) is 0.442. The zero-order valence-corrected chi connectivity index (χ0v) is 17.5. The molecule has 10 atom stereocenters. The lowest BCUT2D eigenvalue weighted by atomic mass is 9.43. The van der Waals surface area contributed by atoms with E-state index in [4.69, 9.17) is 0 Å². The van der Waals surface area contributed by atoms with E-state index in [0.29, 0.717) is 35.0 Å². The molecule has 4 saturated carbocycles. The Morgan fingerprint density at radius 3 is 2.58 bits per heavy atom. The molecular formula is C24H41O2. The molecule has 0 spiro atoms. The zero-order chi connectivity index (χ0) is 18.7. The number of aliphatic hydroxyl groups is 2. The fraction of sp³-hybridized carbons (Fsp3) is 0.958. The average molecular weight is 362 g/mol. The highest BCUT2D eigenvalue weighted by atomic mass is 16.3. The van der Waals surface area contributed by atoms with Gasteiger partial charge in [0.25, 0.3) is 0 Å². The molecule has 6 unspecified atom stereocenters. The summed E-state index contributed by atoms with van der Waals surface area (Å²) in [6.07, 6.45) is 12.9. The molecule has 4 fully saturated rings. The molecule has 0 aromatic heterocycles. The molecule has 0 bridgehead atoms. The number of hydrogen-bond donors (Lipinski definition) is 2. The van der Waals surface area contributed by atoms with Gasteiger partial charge in [-0.05, 0) is 97.7 Å². The Kier molecular flexibility index (Phi) is 5.01. The second kappa shape index (κ2) is 6.76. The van der Waals surface area contributed by atoms with Crippen LogP contribution in [-0.2, 0) is 0 Å². The van der Waals surface area contributed by atoms with Crippen molar-refractivity contribution in [3.05, 3.63) is 6.42 Å². The lowest BCUT2D eigenvalue weighted by molar-refractivity contribution is -0.160. The first-order valence-electron chi connectivity index (χ1n) is 11.5. The van der Waals surface area contributed by atoms with E-state index < -0.39 is 0 Å². The molecule has 149 valence electrons. The van der Waals surface area contributed by atoms with Gasteiger partial charge in [0, 0.05) is 0 Å². The van der Waals surface area contributed by atoms with Crippen LogP contribution in [0.1, 0.15) is 85.5 Å². The first-order chi connectivity index (χ1) is 12.3.